The predicted molar refractivity (Wildman–Crippen MR) is 68.9 cm³/mol. The molecule has 0 atom stereocenters. The van der Waals surface area contributed by atoms with Gasteiger partial charge < -0.3 is 9.47 Å². The van der Waals surface area contributed by atoms with Crippen LogP contribution in [-0.2, 0) is 9.47 Å². The van der Waals surface area contributed by atoms with Gasteiger partial charge in [0.2, 0.25) is 0 Å². The van der Waals surface area contributed by atoms with Crippen molar-refractivity contribution in [2.75, 3.05) is 39.5 Å². The van der Waals surface area contributed by atoms with Gasteiger partial charge in [-0.3, -0.25) is 4.90 Å². The molecule has 2 rings (SSSR count). The molecule has 1 fully saturated rings. The molecule has 0 unspecified atom stereocenters. The predicted octanol–water partition coefficient (Wildman–Crippen LogP) is 2.35. The Morgan fingerprint density at radius 1 is 1.24 bits per heavy atom. The van der Waals surface area contributed by atoms with Crippen molar-refractivity contribution in [1.82, 2.24) is 4.90 Å². The molecule has 1 aliphatic heterocycles. The van der Waals surface area contributed by atoms with E-state index >= 15 is 0 Å². The van der Waals surface area contributed by atoms with E-state index in [2.05, 4.69) is 24.0 Å². The van der Waals surface area contributed by atoms with Crippen molar-refractivity contribution in [2.45, 2.75) is 26.2 Å². The molecule has 2 aliphatic rings. The van der Waals surface area contributed by atoms with Crippen LogP contribution in [0.25, 0.3) is 0 Å². The summed E-state index contributed by atoms with van der Waals surface area (Å²) in [5.74, 6) is 1.15. The van der Waals surface area contributed by atoms with Crippen LogP contribution < -0.4 is 0 Å². The van der Waals surface area contributed by atoms with Crippen LogP contribution in [0.2, 0.25) is 0 Å². The van der Waals surface area contributed by atoms with Gasteiger partial charge in [-0.15, -0.1) is 0 Å². The number of allylic oxidation sites excluding steroid dienone is 4. The minimum Gasteiger partial charge on any atom is -0.497 e. The second-order valence-electron chi connectivity index (χ2n) is 4.61. The van der Waals surface area contributed by atoms with Crippen molar-refractivity contribution >= 4 is 0 Å². The third-order valence-electron chi connectivity index (χ3n) is 3.45. The zero-order valence-electron chi connectivity index (χ0n) is 10.8. The molecule has 0 bridgehead atoms. The summed E-state index contributed by atoms with van der Waals surface area (Å²) in [7, 11) is 0. The maximum atomic E-state index is 5.81. The molecule has 0 saturated carbocycles. The minimum atomic E-state index is 0.807. The lowest BCUT2D eigenvalue weighted by Gasteiger charge is -2.26. The van der Waals surface area contributed by atoms with Crippen molar-refractivity contribution in [1.29, 1.82) is 0 Å². The van der Waals surface area contributed by atoms with Gasteiger partial charge in [0.25, 0.3) is 0 Å². The average molecular weight is 237 g/mol. The van der Waals surface area contributed by atoms with Crippen LogP contribution >= 0.6 is 0 Å². The Morgan fingerprint density at radius 2 is 2.06 bits per heavy atom. The summed E-state index contributed by atoms with van der Waals surface area (Å²) in [5.41, 5.74) is 1.53. The Morgan fingerprint density at radius 3 is 2.71 bits per heavy atom. The van der Waals surface area contributed by atoms with Crippen molar-refractivity contribution < 1.29 is 9.47 Å². The molecule has 96 valence electrons. The highest BCUT2D eigenvalue weighted by atomic mass is 16.5. The standard InChI is InChI=1S/C14H23NO2/c1-2-13-3-5-14(6-4-13)17-12-9-15-7-10-16-11-8-15/h3,5H,2,4,6-12H2,1H3. The Labute approximate surface area is 104 Å². The Balaban J connectivity index is 1.65. The van der Waals surface area contributed by atoms with Crippen molar-refractivity contribution in [3.8, 4) is 0 Å². The summed E-state index contributed by atoms with van der Waals surface area (Å²) in [4.78, 5) is 2.40. The summed E-state index contributed by atoms with van der Waals surface area (Å²) in [6.45, 7) is 7.86. The number of hydrogen-bond donors (Lipinski definition) is 0. The van der Waals surface area contributed by atoms with E-state index < -0.39 is 0 Å². The molecule has 0 spiro atoms. The average Bonchev–Trinajstić information content (AvgIpc) is 2.41. The van der Waals surface area contributed by atoms with Gasteiger partial charge in [0.05, 0.1) is 19.0 Å². The Kier molecular flexibility index (Phi) is 5.08. The van der Waals surface area contributed by atoms with Crippen LogP contribution in [0.3, 0.4) is 0 Å². The van der Waals surface area contributed by atoms with Crippen molar-refractivity contribution in [2.24, 2.45) is 0 Å². The van der Waals surface area contributed by atoms with Crippen LogP contribution in [0.5, 0.6) is 0 Å². The summed E-state index contributed by atoms with van der Waals surface area (Å²) < 4.78 is 11.1. The van der Waals surface area contributed by atoms with Crippen LogP contribution in [0.4, 0.5) is 0 Å². The topological polar surface area (TPSA) is 21.7 Å². The van der Waals surface area contributed by atoms with Gasteiger partial charge in [-0.25, -0.2) is 0 Å². The highest BCUT2D eigenvalue weighted by Crippen LogP contribution is 2.20. The van der Waals surface area contributed by atoms with E-state index in [9.17, 15) is 0 Å². The normalized spacial score (nSPS) is 21.9. The van der Waals surface area contributed by atoms with Gasteiger partial charge in [-0.1, -0.05) is 18.6 Å². The molecule has 3 heteroatoms. The smallest absolute Gasteiger partial charge is 0.100 e. The molecular formula is C14H23NO2. The molecule has 0 aromatic rings. The molecule has 0 amide bonds. The van der Waals surface area contributed by atoms with Gasteiger partial charge in [0.1, 0.15) is 6.61 Å². The van der Waals surface area contributed by atoms with Crippen molar-refractivity contribution in [3.63, 3.8) is 0 Å². The molecular weight excluding hydrogens is 214 g/mol. The first kappa shape index (κ1) is 12.7. The van der Waals surface area contributed by atoms with E-state index in [1.165, 1.54) is 12.0 Å². The lowest BCUT2D eigenvalue weighted by atomic mass is 10.0. The molecule has 0 aromatic carbocycles. The van der Waals surface area contributed by atoms with E-state index in [1.54, 1.807) is 0 Å². The zero-order valence-corrected chi connectivity index (χ0v) is 10.8. The van der Waals surface area contributed by atoms with Crippen molar-refractivity contribution in [3.05, 3.63) is 23.5 Å². The van der Waals surface area contributed by atoms with E-state index in [0.717, 1.165) is 58.1 Å². The number of rotatable bonds is 5. The summed E-state index contributed by atoms with van der Waals surface area (Å²) in [6, 6.07) is 0. The quantitative estimate of drug-likeness (QED) is 0.732. The van der Waals surface area contributed by atoms with Gasteiger partial charge in [0.15, 0.2) is 0 Å². The van der Waals surface area contributed by atoms with Crippen LogP contribution in [-0.4, -0.2) is 44.4 Å². The first-order valence-corrected chi connectivity index (χ1v) is 6.70. The van der Waals surface area contributed by atoms with E-state index in [4.69, 9.17) is 9.47 Å². The molecule has 3 nitrogen and oxygen atoms in total. The maximum absolute atomic E-state index is 5.81. The lowest BCUT2D eigenvalue weighted by molar-refractivity contribution is 0.0270. The summed E-state index contributed by atoms with van der Waals surface area (Å²) in [5, 5.41) is 0. The highest BCUT2D eigenvalue weighted by Gasteiger charge is 2.11. The molecule has 0 N–H and O–H groups in total. The van der Waals surface area contributed by atoms with Gasteiger partial charge in [-0.05, 0) is 18.9 Å². The van der Waals surface area contributed by atoms with E-state index in [0.29, 0.717) is 0 Å². The fourth-order valence-corrected chi connectivity index (χ4v) is 2.21. The molecule has 1 aliphatic carbocycles. The minimum absolute atomic E-state index is 0.807. The van der Waals surface area contributed by atoms with Crippen LogP contribution in [0.1, 0.15) is 26.2 Å². The Bertz CT molecular complexity index is 291. The van der Waals surface area contributed by atoms with Crippen LogP contribution in [0.15, 0.2) is 23.5 Å². The monoisotopic (exact) mass is 237 g/mol. The molecule has 1 heterocycles. The second kappa shape index (κ2) is 6.82. The fraction of sp³-hybridized carbons (Fsp3) is 0.714. The maximum Gasteiger partial charge on any atom is 0.100 e. The van der Waals surface area contributed by atoms with Gasteiger partial charge in [-0.2, -0.15) is 0 Å². The molecule has 1 saturated heterocycles. The van der Waals surface area contributed by atoms with E-state index in [-0.39, 0.29) is 0 Å². The molecule has 17 heavy (non-hydrogen) atoms. The third-order valence-corrected chi connectivity index (χ3v) is 3.45. The number of nitrogens with zero attached hydrogens (tertiary/aromatic N) is 1. The summed E-state index contributed by atoms with van der Waals surface area (Å²) >= 11 is 0. The van der Waals surface area contributed by atoms with Gasteiger partial charge >= 0.3 is 0 Å². The highest BCUT2D eigenvalue weighted by molar-refractivity contribution is 5.20. The third kappa shape index (κ3) is 4.17. The number of hydrogen-bond acceptors (Lipinski definition) is 3. The van der Waals surface area contributed by atoms with E-state index in [1.807, 2.05) is 0 Å². The SMILES string of the molecule is CCC1=CC=C(OCCN2CCOCC2)CC1. The molecule has 0 aromatic heterocycles. The molecule has 0 radical (unpaired) electrons. The second-order valence-corrected chi connectivity index (χ2v) is 4.61. The lowest BCUT2D eigenvalue weighted by Crippen LogP contribution is -2.38. The van der Waals surface area contributed by atoms with Gasteiger partial charge in [0, 0.05) is 26.1 Å². The number of ether oxygens (including phenoxy) is 2. The largest absolute Gasteiger partial charge is 0.497 e. The Hall–Kier alpha value is -0.800. The first-order chi connectivity index (χ1) is 8.38. The number of morpholine rings is 1. The fourth-order valence-electron chi connectivity index (χ4n) is 2.21. The van der Waals surface area contributed by atoms with Crippen LogP contribution in [0, 0.1) is 0 Å². The summed E-state index contributed by atoms with van der Waals surface area (Å²) in [6.07, 6.45) is 7.76. The first-order valence-electron chi connectivity index (χ1n) is 6.70. The zero-order chi connectivity index (χ0) is 11.9.